The Morgan fingerprint density at radius 3 is 1.86 bits per heavy atom. The lowest BCUT2D eigenvalue weighted by atomic mass is 9.81. The Balaban J connectivity index is 1.38. The SMILES string of the molecule is COc1ccc(-c2c(-c3cccc(-c4ccc(C#N)c5ccccc45)c3)cc(-c3ccc(CO)cc3)c3c2-c2cccc4cccc-3c24)cc1. The highest BCUT2D eigenvalue weighted by Crippen LogP contribution is 2.57. The van der Waals surface area contributed by atoms with Crippen LogP contribution in [0.2, 0.25) is 0 Å². The molecule has 3 heteroatoms. The maximum atomic E-state index is 9.86. The minimum atomic E-state index is 0.00160. The van der Waals surface area contributed by atoms with Crippen LogP contribution in [0.15, 0.2) is 152 Å². The summed E-state index contributed by atoms with van der Waals surface area (Å²) in [5.74, 6) is 0.813. The van der Waals surface area contributed by atoms with E-state index in [0.29, 0.717) is 5.56 Å². The molecule has 0 heterocycles. The lowest BCUT2D eigenvalue weighted by molar-refractivity contribution is 0.282. The molecule has 236 valence electrons. The predicted octanol–water partition coefficient (Wildman–Crippen LogP) is 11.7. The lowest BCUT2D eigenvalue weighted by Crippen LogP contribution is -1.95. The third kappa shape index (κ3) is 4.62. The number of hydrogen-bond acceptors (Lipinski definition) is 3. The average Bonchev–Trinajstić information content (AvgIpc) is 3.52. The summed E-state index contributed by atoms with van der Waals surface area (Å²) in [7, 11) is 1.70. The normalized spacial score (nSPS) is 11.5. The summed E-state index contributed by atoms with van der Waals surface area (Å²) in [6.45, 7) is 0.00160. The number of benzene rings is 8. The van der Waals surface area contributed by atoms with Crippen LogP contribution in [-0.2, 0) is 6.61 Å². The monoisotopic (exact) mass is 641 g/mol. The Morgan fingerprint density at radius 1 is 0.520 bits per heavy atom. The molecular formula is C47H31NO2. The van der Waals surface area contributed by atoms with Crippen molar-refractivity contribution in [1.82, 2.24) is 0 Å². The van der Waals surface area contributed by atoms with Gasteiger partial charge in [0, 0.05) is 5.39 Å². The minimum Gasteiger partial charge on any atom is -0.497 e. The number of methoxy groups -OCH3 is 1. The van der Waals surface area contributed by atoms with Crippen LogP contribution in [0.4, 0.5) is 0 Å². The van der Waals surface area contributed by atoms with Gasteiger partial charge < -0.3 is 9.84 Å². The van der Waals surface area contributed by atoms with Crippen molar-refractivity contribution >= 4 is 21.5 Å². The first kappa shape index (κ1) is 29.7. The van der Waals surface area contributed by atoms with Crippen molar-refractivity contribution in [2.75, 3.05) is 7.11 Å². The molecule has 8 aromatic rings. The van der Waals surface area contributed by atoms with Crippen LogP contribution in [0, 0.1) is 11.3 Å². The second kappa shape index (κ2) is 11.9. The van der Waals surface area contributed by atoms with Gasteiger partial charge in [0.2, 0.25) is 0 Å². The van der Waals surface area contributed by atoms with Gasteiger partial charge in [0.25, 0.3) is 0 Å². The quantitative estimate of drug-likeness (QED) is 0.197. The Labute approximate surface area is 290 Å². The molecule has 0 saturated heterocycles. The molecule has 0 atom stereocenters. The largest absolute Gasteiger partial charge is 0.497 e. The molecule has 0 unspecified atom stereocenters. The van der Waals surface area contributed by atoms with Gasteiger partial charge >= 0.3 is 0 Å². The van der Waals surface area contributed by atoms with Crippen LogP contribution in [0.1, 0.15) is 11.1 Å². The fraction of sp³-hybridized carbons (Fsp3) is 0.0426. The van der Waals surface area contributed by atoms with Gasteiger partial charge in [-0.05, 0) is 119 Å². The van der Waals surface area contributed by atoms with Crippen molar-refractivity contribution in [1.29, 1.82) is 5.26 Å². The number of aliphatic hydroxyl groups is 1. The van der Waals surface area contributed by atoms with Crippen molar-refractivity contribution in [3.8, 4) is 78.6 Å². The zero-order valence-electron chi connectivity index (χ0n) is 27.4. The highest BCUT2D eigenvalue weighted by molar-refractivity contribution is 6.22. The molecule has 1 aliphatic rings. The van der Waals surface area contributed by atoms with Gasteiger partial charge in [-0.25, -0.2) is 0 Å². The molecule has 0 aliphatic heterocycles. The molecule has 0 amide bonds. The first-order chi connectivity index (χ1) is 24.7. The second-order valence-corrected chi connectivity index (χ2v) is 12.8. The van der Waals surface area contributed by atoms with Gasteiger partial charge in [-0.1, -0.05) is 121 Å². The fourth-order valence-electron chi connectivity index (χ4n) is 7.79. The van der Waals surface area contributed by atoms with Gasteiger partial charge in [0.1, 0.15) is 5.75 Å². The van der Waals surface area contributed by atoms with Crippen LogP contribution in [0.3, 0.4) is 0 Å². The molecule has 8 aromatic carbocycles. The molecule has 0 bridgehead atoms. The molecule has 50 heavy (non-hydrogen) atoms. The number of ether oxygens (including phenoxy) is 1. The molecule has 0 aromatic heterocycles. The van der Waals surface area contributed by atoms with Gasteiger partial charge in [-0.15, -0.1) is 0 Å². The van der Waals surface area contributed by atoms with Crippen LogP contribution >= 0.6 is 0 Å². The summed E-state index contributed by atoms with van der Waals surface area (Å²) >= 11 is 0. The van der Waals surface area contributed by atoms with Crippen molar-refractivity contribution < 1.29 is 9.84 Å². The highest BCUT2D eigenvalue weighted by atomic mass is 16.5. The average molecular weight is 642 g/mol. The zero-order chi connectivity index (χ0) is 33.8. The number of fused-ring (bicyclic) bond motifs is 4. The van der Waals surface area contributed by atoms with Crippen molar-refractivity contribution in [3.05, 3.63) is 163 Å². The maximum Gasteiger partial charge on any atom is 0.118 e. The van der Waals surface area contributed by atoms with Crippen molar-refractivity contribution in [2.24, 2.45) is 0 Å². The standard InChI is InChI=1S/C47H31NO2/c1-50-36-22-19-32(20-23-36)45-43(34-10-4-9-33(25-34)38-24-21-35(27-48)37-11-2-3-12-39(37)38)26-42(30-17-15-29(28-49)16-18-30)46-40-13-5-7-31-8-6-14-41(44(31)40)47(45)46/h2-26,49H,28H2,1H3. The molecule has 1 aliphatic carbocycles. The lowest BCUT2D eigenvalue weighted by Gasteiger charge is -2.21. The van der Waals surface area contributed by atoms with E-state index in [4.69, 9.17) is 4.74 Å². The topological polar surface area (TPSA) is 53.2 Å². The Bertz CT molecular complexity index is 2660. The van der Waals surface area contributed by atoms with Gasteiger partial charge in [0.05, 0.1) is 25.3 Å². The highest BCUT2D eigenvalue weighted by Gasteiger charge is 2.30. The van der Waals surface area contributed by atoms with Crippen molar-refractivity contribution in [3.63, 3.8) is 0 Å². The Morgan fingerprint density at radius 2 is 1.16 bits per heavy atom. The second-order valence-electron chi connectivity index (χ2n) is 12.8. The first-order valence-corrected chi connectivity index (χ1v) is 16.8. The summed E-state index contributed by atoms with van der Waals surface area (Å²) in [5, 5.41) is 24.2. The van der Waals surface area contributed by atoms with E-state index >= 15 is 0 Å². The molecule has 9 rings (SSSR count). The summed E-state index contributed by atoms with van der Waals surface area (Å²) in [5.41, 5.74) is 15.4. The van der Waals surface area contributed by atoms with E-state index in [1.165, 1.54) is 38.6 Å². The van der Waals surface area contributed by atoms with Crippen LogP contribution < -0.4 is 4.74 Å². The number of aliphatic hydroxyl groups excluding tert-OH is 1. The van der Waals surface area contributed by atoms with Gasteiger partial charge in [-0.3, -0.25) is 0 Å². The Hall–Kier alpha value is -6.47. The van der Waals surface area contributed by atoms with Gasteiger partial charge in [0.15, 0.2) is 0 Å². The maximum absolute atomic E-state index is 9.86. The van der Waals surface area contributed by atoms with E-state index in [1.54, 1.807) is 7.11 Å². The molecular weight excluding hydrogens is 611 g/mol. The molecule has 0 radical (unpaired) electrons. The predicted molar refractivity (Wildman–Crippen MR) is 205 cm³/mol. The van der Waals surface area contributed by atoms with Crippen LogP contribution in [-0.4, -0.2) is 12.2 Å². The third-order valence-corrected chi connectivity index (χ3v) is 10.1. The fourth-order valence-corrected chi connectivity index (χ4v) is 7.79. The molecule has 0 fully saturated rings. The number of nitriles is 1. The summed E-state index contributed by atoms with van der Waals surface area (Å²) in [4.78, 5) is 0. The Kier molecular flexibility index (Phi) is 7.05. The molecule has 1 N–H and O–H groups in total. The van der Waals surface area contributed by atoms with E-state index in [0.717, 1.165) is 61.0 Å². The van der Waals surface area contributed by atoms with E-state index < -0.39 is 0 Å². The van der Waals surface area contributed by atoms with Gasteiger partial charge in [-0.2, -0.15) is 5.26 Å². The molecule has 0 spiro atoms. The smallest absolute Gasteiger partial charge is 0.118 e. The summed E-state index contributed by atoms with van der Waals surface area (Å²) < 4.78 is 5.58. The number of nitrogens with zero attached hydrogens (tertiary/aromatic N) is 1. The van der Waals surface area contributed by atoms with Crippen LogP contribution in [0.5, 0.6) is 5.75 Å². The minimum absolute atomic E-state index is 0.00160. The third-order valence-electron chi connectivity index (χ3n) is 10.1. The summed E-state index contributed by atoms with van der Waals surface area (Å²) in [6, 6.07) is 55.5. The first-order valence-electron chi connectivity index (χ1n) is 16.8. The summed E-state index contributed by atoms with van der Waals surface area (Å²) in [6.07, 6.45) is 0. The van der Waals surface area contributed by atoms with Crippen molar-refractivity contribution in [2.45, 2.75) is 6.61 Å². The molecule has 3 nitrogen and oxygen atoms in total. The number of rotatable bonds is 6. The van der Waals surface area contributed by atoms with E-state index in [1.807, 2.05) is 48.5 Å². The van der Waals surface area contributed by atoms with E-state index in [-0.39, 0.29) is 6.61 Å². The van der Waals surface area contributed by atoms with E-state index in [2.05, 4.69) is 109 Å². The van der Waals surface area contributed by atoms with E-state index in [9.17, 15) is 10.4 Å². The molecule has 0 saturated carbocycles. The zero-order valence-corrected chi connectivity index (χ0v) is 27.4. The van der Waals surface area contributed by atoms with Crippen LogP contribution in [0.25, 0.3) is 88.3 Å². The number of hydrogen-bond donors (Lipinski definition) is 1.